The predicted octanol–water partition coefficient (Wildman–Crippen LogP) is -0.0248. The van der Waals surface area contributed by atoms with E-state index in [-0.39, 0.29) is 18.5 Å². The van der Waals surface area contributed by atoms with Crippen LogP contribution in [0.5, 0.6) is 0 Å². The average molecular weight is 270 g/mol. The van der Waals surface area contributed by atoms with E-state index < -0.39 is 0 Å². The number of nitrogen functional groups attached to an aromatic ring is 1. The van der Waals surface area contributed by atoms with Crippen LogP contribution in [0.2, 0.25) is 0 Å². The van der Waals surface area contributed by atoms with Crippen LogP contribution in [-0.4, -0.2) is 60.6 Å². The molecule has 7 heteroatoms. The summed E-state index contributed by atoms with van der Waals surface area (Å²) in [4.78, 5) is 14.0. The molecule has 1 aromatic rings. The number of nitrogens with zero attached hydrogens (tertiary/aromatic N) is 3. The second kappa shape index (κ2) is 7.75. The monoisotopic (exact) mass is 270 g/mol. The van der Waals surface area contributed by atoms with Crippen LogP contribution < -0.4 is 5.73 Å². The number of amides is 1. The van der Waals surface area contributed by atoms with E-state index >= 15 is 0 Å². The number of hydrogen-bond acceptors (Lipinski definition) is 5. The number of rotatable bonds is 8. The molecule has 0 saturated heterocycles. The van der Waals surface area contributed by atoms with Gasteiger partial charge in [0.25, 0.3) is 0 Å². The standard InChI is InChI=1S/C12H22N4O3/c1-10(9-19-3)16(4-5-18-2)12(17)8-15-7-11(13)6-14-15/h6-7,10H,4-5,8-9,13H2,1-3H3. The fourth-order valence-corrected chi connectivity index (χ4v) is 1.81. The largest absolute Gasteiger partial charge is 0.396 e. The zero-order chi connectivity index (χ0) is 14.3. The van der Waals surface area contributed by atoms with Crippen LogP contribution in [-0.2, 0) is 20.8 Å². The Balaban J connectivity index is 2.64. The fraction of sp³-hybridized carbons (Fsp3) is 0.667. The van der Waals surface area contributed by atoms with Crippen molar-refractivity contribution >= 4 is 11.6 Å². The molecule has 1 aromatic heterocycles. The Bertz CT molecular complexity index is 394. The highest BCUT2D eigenvalue weighted by Gasteiger charge is 2.20. The van der Waals surface area contributed by atoms with Crippen molar-refractivity contribution < 1.29 is 14.3 Å². The van der Waals surface area contributed by atoms with Crippen LogP contribution in [0.3, 0.4) is 0 Å². The first kappa shape index (κ1) is 15.5. The van der Waals surface area contributed by atoms with Crippen LogP contribution in [0, 0.1) is 0 Å². The van der Waals surface area contributed by atoms with Crippen LogP contribution in [0.15, 0.2) is 12.4 Å². The van der Waals surface area contributed by atoms with E-state index in [0.29, 0.717) is 25.4 Å². The second-order valence-corrected chi connectivity index (χ2v) is 4.36. The third kappa shape index (κ3) is 4.88. The van der Waals surface area contributed by atoms with E-state index in [4.69, 9.17) is 15.2 Å². The van der Waals surface area contributed by atoms with Gasteiger partial charge in [0, 0.05) is 27.0 Å². The van der Waals surface area contributed by atoms with Gasteiger partial charge in [-0.2, -0.15) is 5.10 Å². The normalized spacial score (nSPS) is 12.4. The first-order valence-electron chi connectivity index (χ1n) is 6.13. The minimum atomic E-state index is -0.0373. The second-order valence-electron chi connectivity index (χ2n) is 4.36. The third-order valence-corrected chi connectivity index (χ3v) is 2.75. The van der Waals surface area contributed by atoms with E-state index in [9.17, 15) is 4.79 Å². The number of hydrogen-bond donors (Lipinski definition) is 1. The zero-order valence-electron chi connectivity index (χ0n) is 11.7. The zero-order valence-corrected chi connectivity index (χ0v) is 11.7. The van der Waals surface area contributed by atoms with E-state index in [2.05, 4.69) is 5.10 Å². The molecular formula is C12H22N4O3. The molecule has 0 spiro atoms. The molecule has 1 heterocycles. The van der Waals surface area contributed by atoms with Gasteiger partial charge >= 0.3 is 0 Å². The first-order valence-corrected chi connectivity index (χ1v) is 6.13. The van der Waals surface area contributed by atoms with E-state index in [0.717, 1.165) is 0 Å². The van der Waals surface area contributed by atoms with Gasteiger partial charge in [0.05, 0.1) is 31.1 Å². The summed E-state index contributed by atoms with van der Waals surface area (Å²) in [5.41, 5.74) is 6.11. The SMILES string of the molecule is COCCN(C(=O)Cn1cc(N)cn1)C(C)COC. The lowest BCUT2D eigenvalue weighted by atomic mass is 10.3. The lowest BCUT2D eigenvalue weighted by Crippen LogP contribution is -2.44. The number of nitrogens with two attached hydrogens (primary N) is 1. The Morgan fingerprint density at radius 3 is 2.79 bits per heavy atom. The van der Waals surface area contributed by atoms with Crippen molar-refractivity contribution in [1.82, 2.24) is 14.7 Å². The molecule has 2 N–H and O–H groups in total. The Morgan fingerprint density at radius 1 is 1.53 bits per heavy atom. The van der Waals surface area contributed by atoms with E-state index in [1.54, 1.807) is 25.3 Å². The molecule has 1 amide bonds. The minimum Gasteiger partial charge on any atom is -0.396 e. The summed E-state index contributed by atoms with van der Waals surface area (Å²) in [6, 6.07) is -0.0134. The van der Waals surface area contributed by atoms with Gasteiger partial charge in [-0.25, -0.2) is 0 Å². The van der Waals surface area contributed by atoms with Crippen LogP contribution >= 0.6 is 0 Å². The van der Waals surface area contributed by atoms with Crippen molar-refractivity contribution in [3.8, 4) is 0 Å². The lowest BCUT2D eigenvalue weighted by molar-refractivity contribution is -0.135. The molecule has 1 atom stereocenters. The molecule has 0 bridgehead atoms. The van der Waals surface area contributed by atoms with Gasteiger partial charge in [0.15, 0.2) is 0 Å². The van der Waals surface area contributed by atoms with Crippen LogP contribution in [0.25, 0.3) is 0 Å². The number of methoxy groups -OCH3 is 2. The highest BCUT2D eigenvalue weighted by molar-refractivity contribution is 5.76. The Kier molecular flexibility index (Phi) is 6.31. The van der Waals surface area contributed by atoms with Crippen molar-refractivity contribution in [1.29, 1.82) is 0 Å². The van der Waals surface area contributed by atoms with Gasteiger partial charge in [-0.15, -0.1) is 0 Å². The van der Waals surface area contributed by atoms with Gasteiger partial charge in [-0.05, 0) is 6.92 Å². The molecule has 7 nitrogen and oxygen atoms in total. The van der Waals surface area contributed by atoms with Gasteiger partial charge < -0.3 is 20.1 Å². The molecule has 0 aromatic carbocycles. The molecule has 0 aliphatic carbocycles. The van der Waals surface area contributed by atoms with Crippen LogP contribution in [0.1, 0.15) is 6.92 Å². The topological polar surface area (TPSA) is 82.6 Å². The summed E-state index contributed by atoms with van der Waals surface area (Å²) in [5, 5.41) is 4.01. The molecule has 1 rings (SSSR count). The molecule has 1 unspecified atom stereocenters. The first-order chi connectivity index (χ1) is 9.08. The predicted molar refractivity (Wildman–Crippen MR) is 71.6 cm³/mol. The summed E-state index contributed by atoms with van der Waals surface area (Å²) in [6.45, 7) is 3.60. The summed E-state index contributed by atoms with van der Waals surface area (Å²) in [6.07, 6.45) is 3.15. The summed E-state index contributed by atoms with van der Waals surface area (Å²) in [5.74, 6) is -0.0373. The van der Waals surface area contributed by atoms with Gasteiger partial charge in [0.2, 0.25) is 5.91 Å². The van der Waals surface area contributed by atoms with Gasteiger partial charge in [-0.3, -0.25) is 9.48 Å². The van der Waals surface area contributed by atoms with E-state index in [1.807, 2.05) is 6.92 Å². The van der Waals surface area contributed by atoms with Crippen molar-refractivity contribution in [2.75, 3.05) is 39.7 Å². The smallest absolute Gasteiger partial charge is 0.244 e. The number of ether oxygens (including phenoxy) is 2. The number of carbonyl (C=O) groups excluding carboxylic acids is 1. The number of carbonyl (C=O) groups is 1. The van der Waals surface area contributed by atoms with Crippen molar-refractivity contribution in [3.63, 3.8) is 0 Å². The number of anilines is 1. The van der Waals surface area contributed by atoms with Crippen molar-refractivity contribution in [3.05, 3.63) is 12.4 Å². The number of aromatic nitrogens is 2. The quantitative estimate of drug-likeness (QED) is 0.717. The summed E-state index contributed by atoms with van der Waals surface area (Å²) in [7, 11) is 3.22. The molecule has 108 valence electrons. The third-order valence-electron chi connectivity index (χ3n) is 2.75. The fourth-order valence-electron chi connectivity index (χ4n) is 1.81. The van der Waals surface area contributed by atoms with Gasteiger partial charge in [0.1, 0.15) is 6.54 Å². The minimum absolute atomic E-state index is 0.0134. The molecular weight excluding hydrogens is 248 g/mol. The maximum absolute atomic E-state index is 12.3. The Labute approximate surface area is 113 Å². The molecule has 0 fully saturated rings. The van der Waals surface area contributed by atoms with Crippen LogP contribution in [0.4, 0.5) is 5.69 Å². The molecule has 0 radical (unpaired) electrons. The molecule has 0 aliphatic heterocycles. The average Bonchev–Trinajstić information content (AvgIpc) is 2.75. The maximum atomic E-state index is 12.3. The molecule has 0 saturated carbocycles. The Hall–Kier alpha value is -1.60. The maximum Gasteiger partial charge on any atom is 0.244 e. The van der Waals surface area contributed by atoms with E-state index in [1.165, 1.54) is 10.9 Å². The molecule has 0 aliphatic rings. The Morgan fingerprint density at radius 2 is 2.26 bits per heavy atom. The summed E-state index contributed by atoms with van der Waals surface area (Å²) < 4.78 is 11.6. The van der Waals surface area contributed by atoms with Gasteiger partial charge in [-0.1, -0.05) is 0 Å². The highest BCUT2D eigenvalue weighted by Crippen LogP contribution is 2.04. The highest BCUT2D eigenvalue weighted by atomic mass is 16.5. The van der Waals surface area contributed by atoms with Crippen molar-refractivity contribution in [2.24, 2.45) is 0 Å². The molecule has 19 heavy (non-hydrogen) atoms. The lowest BCUT2D eigenvalue weighted by Gasteiger charge is -2.28. The summed E-state index contributed by atoms with van der Waals surface area (Å²) >= 11 is 0. The van der Waals surface area contributed by atoms with Crippen molar-refractivity contribution in [2.45, 2.75) is 19.5 Å².